The first-order chi connectivity index (χ1) is 12.1. The molecule has 0 heterocycles. The molecule has 4 rings (SSSR count). The molecule has 0 aliphatic carbocycles. The lowest BCUT2D eigenvalue weighted by Crippen LogP contribution is -2.17. The lowest BCUT2D eigenvalue weighted by atomic mass is 9.89. The fourth-order valence-electron chi connectivity index (χ4n) is 3.65. The zero-order chi connectivity index (χ0) is 17.6. The Labute approximate surface area is 145 Å². The summed E-state index contributed by atoms with van der Waals surface area (Å²) in [7, 11) is 1.35. The molecule has 3 heteroatoms. The molecule has 0 spiro atoms. The first-order valence-electron chi connectivity index (χ1n) is 8.37. The van der Waals surface area contributed by atoms with Gasteiger partial charge in [-0.15, -0.1) is 0 Å². The van der Waals surface area contributed by atoms with Crippen LogP contribution in [-0.4, -0.2) is 18.9 Å². The predicted octanol–water partition coefficient (Wildman–Crippen LogP) is 4.97. The van der Waals surface area contributed by atoms with E-state index in [2.05, 4.69) is 30.3 Å². The van der Waals surface area contributed by atoms with Crippen molar-refractivity contribution in [1.29, 1.82) is 0 Å². The Morgan fingerprint density at radius 1 is 0.880 bits per heavy atom. The number of Topliss-reactive ketones (excluding diaryl/α,β-unsaturated/α-hetero) is 1. The van der Waals surface area contributed by atoms with Crippen molar-refractivity contribution in [2.24, 2.45) is 5.92 Å². The fraction of sp³-hybridized carbons (Fsp3) is 0.182. The van der Waals surface area contributed by atoms with Gasteiger partial charge in [-0.25, -0.2) is 0 Å². The van der Waals surface area contributed by atoms with E-state index in [9.17, 15) is 9.59 Å². The van der Waals surface area contributed by atoms with Crippen LogP contribution in [0.5, 0.6) is 0 Å². The normalized spacial score (nSPS) is 12.7. The first-order valence-corrected chi connectivity index (χ1v) is 8.37. The molecule has 0 unspecified atom stereocenters. The molecule has 3 nitrogen and oxygen atoms in total. The minimum Gasteiger partial charge on any atom is -0.469 e. The van der Waals surface area contributed by atoms with Gasteiger partial charge in [0.25, 0.3) is 0 Å². The minimum atomic E-state index is -0.448. The molecule has 0 saturated carbocycles. The van der Waals surface area contributed by atoms with Crippen molar-refractivity contribution in [3.63, 3.8) is 0 Å². The van der Waals surface area contributed by atoms with Crippen LogP contribution in [0, 0.1) is 5.92 Å². The van der Waals surface area contributed by atoms with E-state index >= 15 is 0 Å². The summed E-state index contributed by atoms with van der Waals surface area (Å²) in [5.41, 5.74) is 0.668. The molecule has 1 atom stereocenters. The zero-order valence-electron chi connectivity index (χ0n) is 14.2. The van der Waals surface area contributed by atoms with Gasteiger partial charge in [-0.2, -0.15) is 0 Å². The van der Waals surface area contributed by atoms with Gasteiger partial charge in [0.05, 0.1) is 13.0 Å². The smallest absolute Gasteiger partial charge is 0.308 e. The van der Waals surface area contributed by atoms with E-state index < -0.39 is 5.92 Å². The lowest BCUT2D eigenvalue weighted by Gasteiger charge is -2.14. The number of carbonyl (C=O) groups excluding carboxylic acids is 2. The number of carbonyl (C=O) groups is 2. The van der Waals surface area contributed by atoms with Crippen molar-refractivity contribution in [1.82, 2.24) is 0 Å². The Hall–Kier alpha value is -2.94. The molecule has 0 radical (unpaired) electrons. The molecule has 0 aliphatic heterocycles. The maximum absolute atomic E-state index is 12.8. The maximum atomic E-state index is 12.8. The van der Waals surface area contributed by atoms with Crippen LogP contribution in [0.15, 0.2) is 54.6 Å². The highest BCUT2D eigenvalue weighted by atomic mass is 16.5. The zero-order valence-corrected chi connectivity index (χ0v) is 14.2. The molecule has 4 aromatic rings. The third kappa shape index (κ3) is 2.43. The third-order valence-corrected chi connectivity index (χ3v) is 4.92. The summed E-state index contributed by atoms with van der Waals surface area (Å²) in [4.78, 5) is 24.5. The second kappa shape index (κ2) is 5.85. The van der Waals surface area contributed by atoms with Crippen molar-refractivity contribution in [3.8, 4) is 0 Å². The average molecular weight is 330 g/mol. The number of methoxy groups -OCH3 is 1. The van der Waals surface area contributed by atoms with Gasteiger partial charge in [0.2, 0.25) is 0 Å². The molecule has 0 saturated heterocycles. The SMILES string of the molecule is COC(=O)[C@@H](C)CC(=O)c1ccc2ccc3cccc4ccc1c2c34. The van der Waals surface area contributed by atoms with Crippen LogP contribution >= 0.6 is 0 Å². The van der Waals surface area contributed by atoms with E-state index in [-0.39, 0.29) is 18.2 Å². The van der Waals surface area contributed by atoms with Crippen LogP contribution in [0.1, 0.15) is 23.7 Å². The Morgan fingerprint density at radius 2 is 1.48 bits per heavy atom. The molecular weight excluding hydrogens is 312 g/mol. The Bertz CT molecular complexity index is 1090. The Morgan fingerprint density at radius 3 is 2.16 bits per heavy atom. The molecule has 0 aliphatic rings. The molecule has 0 amide bonds. The number of hydrogen-bond acceptors (Lipinski definition) is 3. The van der Waals surface area contributed by atoms with Gasteiger partial charge in [-0.05, 0) is 32.3 Å². The molecule has 124 valence electrons. The van der Waals surface area contributed by atoms with Gasteiger partial charge in [0.15, 0.2) is 5.78 Å². The second-order valence-corrected chi connectivity index (χ2v) is 6.52. The monoisotopic (exact) mass is 330 g/mol. The minimum absolute atomic E-state index is 0.0316. The first kappa shape index (κ1) is 15.6. The van der Waals surface area contributed by atoms with Gasteiger partial charge in [-0.1, -0.05) is 61.5 Å². The van der Waals surface area contributed by atoms with E-state index in [1.165, 1.54) is 23.3 Å². The summed E-state index contributed by atoms with van der Waals surface area (Å²) < 4.78 is 4.74. The highest BCUT2D eigenvalue weighted by Crippen LogP contribution is 2.36. The fourth-order valence-corrected chi connectivity index (χ4v) is 3.65. The van der Waals surface area contributed by atoms with E-state index in [0.717, 1.165) is 16.2 Å². The van der Waals surface area contributed by atoms with Crippen molar-refractivity contribution in [2.75, 3.05) is 7.11 Å². The van der Waals surface area contributed by atoms with Crippen molar-refractivity contribution < 1.29 is 14.3 Å². The number of ketones is 1. The highest BCUT2D eigenvalue weighted by molar-refractivity contribution is 6.26. The Kier molecular flexibility index (Phi) is 3.65. The lowest BCUT2D eigenvalue weighted by molar-refractivity contribution is -0.144. The Balaban J connectivity index is 1.90. The van der Waals surface area contributed by atoms with Crippen LogP contribution in [0.25, 0.3) is 32.3 Å². The average Bonchev–Trinajstić information content (AvgIpc) is 2.65. The second-order valence-electron chi connectivity index (χ2n) is 6.52. The summed E-state index contributed by atoms with van der Waals surface area (Å²) in [5.74, 6) is -0.835. The molecule has 4 aromatic carbocycles. The summed E-state index contributed by atoms with van der Waals surface area (Å²) >= 11 is 0. The summed E-state index contributed by atoms with van der Waals surface area (Å²) in [6, 6.07) is 18.4. The summed E-state index contributed by atoms with van der Waals surface area (Å²) in [5, 5.41) is 6.72. The van der Waals surface area contributed by atoms with Crippen LogP contribution < -0.4 is 0 Å². The van der Waals surface area contributed by atoms with E-state index in [0.29, 0.717) is 5.56 Å². The van der Waals surface area contributed by atoms with Crippen molar-refractivity contribution in [2.45, 2.75) is 13.3 Å². The van der Waals surface area contributed by atoms with Crippen LogP contribution in [0.3, 0.4) is 0 Å². The molecule has 25 heavy (non-hydrogen) atoms. The van der Waals surface area contributed by atoms with E-state index in [1.807, 2.05) is 24.3 Å². The van der Waals surface area contributed by atoms with E-state index in [4.69, 9.17) is 4.74 Å². The van der Waals surface area contributed by atoms with Crippen molar-refractivity contribution in [3.05, 3.63) is 60.2 Å². The standard InChI is InChI=1S/C22H18O3/c1-13(22(24)25-2)12-19(23)17-10-8-16-7-6-14-4-3-5-15-9-11-18(17)21(16)20(14)15/h3-11,13H,12H2,1-2H3/t13-/m0/s1. The summed E-state index contributed by atoms with van der Waals surface area (Å²) in [6.07, 6.45) is 0.149. The van der Waals surface area contributed by atoms with Crippen LogP contribution in [0.4, 0.5) is 0 Å². The van der Waals surface area contributed by atoms with Gasteiger partial charge < -0.3 is 4.74 Å². The van der Waals surface area contributed by atoms with E-state index in [1.54, 1.807) is 6.92 Å². The number of ether oxygens (including phenoxy) is 1. The largest absolute Gasteiger partial charge is 0.469 e. The summed E-state index contributed by atoms with van der Waals surface area (Å²) in [6.45, 7) is 1.72. The maximum Gasteiger partial charge on any atom is 0.308 e. The number of benzene rings is 4. The number of hydrogen-bond donors (Lipinski definition) is 0. The quantitative estimate of drug-likeness (QED) is 0.301. The van der Waals surface area contributed by atoms with Crippen LogP contribution in [0.2, 0.25) is 0 Å². The highest BCUT2D eigenvalue weighted by Gasteiger charge is 2.21. The molecule has 0 N–H and O–H groups in total. The van der Waals surface area contributed by atoms with Crippen LogP contribution in [-0.2, 0) is 9.53 Å². The van der Waals surface area contributed by atoms with Gasteiger partial charge in [-0.3, -0.25) is 9.59 Å². The molecule has 0 aromatic heterocycles. The molecule has 0 fully saturated rings. The molecule has 0 bridgehead atoms. The predicted molar refractivity (Wildman–Crippen MR) is 100 cm³/mol. The van der Waals surface area contributed by atoms with Gasteiger partial charge in [0, 0.05) is 12.0 Å². The van der Waals surface area contributed by atoms with Crippen molar-refractivity contribution >= 4 is 44.1 Å². The third-order valence-electron chi connectivity index (χ3n) is 4.92. The number of rotatable bonds is 4. The number of esters is 1. The van der Waals surface area contributed by atoms with Gasteiger partial charge >= 0.3 is 5.97 Å². The topological polar surface area (TPSA) is 43.4 Å². The molecular formula is C22H18O3. The van der Waals surface area contributed by atoms with Gasteiger partial charge in [0.1, 0.15) is 0 Å².